The van der Waals surface area contributed by atoms with Crippen molar-refractivity contribution in [2.75, 3.05) is 20.1 Å². The van der Waals surface area contributed by atoms with Gasteiger partial charge in [-0.1, -0.05) is 13.8 Å². The Morgan fingerprint density at radius 1 is 1.43 bits per heavy atom. The summed E-state index contributed by atoms with van der Waals surface area (Å²) in [6, 6.07) is 0. The third-order valence-corrected chi connectivity index (χ3v) is 3.64. The predicted molar refractivity (Wildman–Crippen MR) is 59.3 cm³/mol. The summed E-state index contributed by atoms with van der Waals surface area (Å²) >= 11 is 0. The second-order valence-corrected chi connectivity index (χ2v) is 4.99. The molecule has 2 heteroatoms. The van der Waals surface area contributed by atoms with Crippen LogP contribution in [0, 0.1) is 11.3 Å². The molecule has 1 aliphatic rings. The van der Waals surface area contributed by atoms with Gasteiger partial charge in [-0.3, -0.25) is 0 Å². The molecule has 0 N–H and O–H groups in total. The van der Waals surface area contributed by atoms with Crippen molar-refractivity contribution < 1.29 is 4.79 Å². The number of carbonyl (C=O) groups excluding carboxylic acids is 1. The predicted octanol–water partition coefficient (Wildman–Crippen LogP) is 2.33. The lowest BCUT2D eigenvalue weighted by Crippen LogP contribution is -2.39. The first-order valence-electron chi connectivity index (χ1n) is 5.77. The van der Waals surface area contributed by atoms with Crippen LogP contribution in [0.4, 0.5) is 0 Å². The van der Waals surface area contributed by atoms with Gasteiger partial charge >= 0.3 is 0 Å². The third-order valence-electron chi connectivity index (χ3n) is 3.64. The molecule has 0 aromatic rings. The molecule has 0 heterocycles. The largest absolute Gasteiger partial charge is 0.306 e. The average molecular weight is 197 g/mol. The molecule has 0 saturated heterocycles. The fraction of sp³-hybridized carbons (Fsp3) is 0.917. The fourth-order valence-electron chi connectivity index (χ4n) is 2.30. The summed E-state index contributed by atoms with van der Waals surface area (Å²) in [6.45, 7) is 6.41. The Morgan fingerprint density at radius 2 is 2.00 bits per heavy atom. The van der Waals surface area contributed by atoms with Crippen molar-refractivity contribution in [2.24, 2.45) is 11.3 Å². The van der Waals surface area contributed by atoms with Crippen molar-refractivity contribution in [1.29, 1.82) is 0 Å². The average Bonchev–Trinajstić information content (AvgIpc) is 2.22. The summed E-state index contributed by atoms with van der Waals surface area (Å²) < 4.78 is 0. The van der Waals surface area contributed by atoms with E-state index >= 15 is 0 Å². The van der Waals surface area contributed by atoms with Crippen LogP contribution in [0.1, 0.15) is 39.5 Å². The normalized spacial score (nSPS) is 33.3. The van der Waals surface area contributed by atoms with Crippen molar-refractivity contribution in [2.45, 2.75) is 39.5 Å². The minimum atomic E-state index is -0.0305. The van der Waals surface area contributed by atoms with E-state index in [0.717, 1.165) is 31.8 Å². The molecule has 0 aliphatic heterocycles. The highest BCUT2D eigenvalue weighted by atomic mass is 16.1. The van der Waals surface area contributed by atoms with Gasteiger partial charge in [0.05, 0.1) is 0 Å². The van der Waals surface area contributed by atoms with Crippen LogP contribution >= 0.6 is 0 Å². The monoisotopic (exact) mass is 197 g/mol. The van der Waals surface area contributed by atoms with Gasteiger partial charge in [0.2, 0.25) is 0 Å². The highest BCUT2D eigenvalue weighted by Gasteiger charge is 2.34. The molecule has 0 aromatic heterocycles. The number of aldehydes is 1. The molecular formula is C12H23NO. The van der Waals surface area contributed by atoms with Gasteiger partial charge in [-0.15, -0.1) is 0 Å². The molecular weight excluding hydrogens is 174 g/mol. The Bertz CT molecular complexity index is 183. The van der Waals surface area contributed by atoms with Gasteiger partial charge in [0, 0.05) is 12.0 Å². The van der Waals surface area contributed by atoms with Crippen LogP contribution in [0.15, 0.2) is 0 Å². The first-order valence-corrected chi connectivity index (χ1v) is 5.77. The summed E-state index contributed by atoms with van der Waals surface area (Å²) in [5, 5.41) is 0. The van der Waals surface area contributed by atoms with E-state index in [-0.39, 0.29) is 5.41 Å². The zero-order valence-electron chi connectivity index (χ0n) is 9.75. The minimum absolute atomic E-state index is 0.0305. The molecule has 1 rings (SSSR count). The lowest BCUT2D eigenvalue weighted by Gasteiger charge is -2.37. The maximum Gasteiger partial charge on any atom is 0.127 e. The van der Waals surface area contributed by atoms with E-state index in [9.17, 15) is 4.79 Å². The minimum Gasteiger partial charge on any atom is -0.306 e. The summed E-state index contributed by atoms with van der Waals surface area (Å²) in [5.41, 5.74) is -0.0305. The van der Waals surface area contributed by atoms with Gasteiger partial charge in [0.25, 0.3) is 0 Å². The number of hydrogen-bond donors (Lipinski definition) is 0. The van der Waals surface area contributed by atoms with E-state index in [2.05, 4.69) is 25.8 Å². The Labute approximate surface area is 87.7 Å². The zero-order chi connectivity index (χ0) is 10.6. The van der Waals surface area contributed by atoms with E-state index in [0.29, 0.717) is 0 Å². The maximum absolute atomic E-state index is 11.2. The zero-order valence-corrected chi connectivity index (χ0v) is 9.75. The molecule has 0 amide bonds. The van der Waals surface area contributed by atoms with E-state index in [1.807, 2.05) is 0 Å². The molecule has 0 radical (unpaired) electrons. The van der Waals surface area contributed by atoms with Gasteiger partial charge in [-0.05, 0) is 45.2 Å². The molecule has 2 nitrogen and oxygen atoms in total. The van der Waals surface area contributed by atoms with Crippen molar-refractivity contribution in [3.63, 3.8) is 0 Å². The van der Waals surface area contributed by atoms with Crippen LogP contribution in [0.2, 0.25) is 0 Å². The Morgan fingerprint density at radius 3 is 2.43 bits per heavy atom. The summed E-state index contributed by atoms with van der Waals surface area (Å²) in [6.07, 6.45) is 5.82. The van der Waals surface area contributed by atoms with Crippen LogP contribution in [-0.4, -0.2) is 31.3 Å². The van der Waals surface area contributed by atoms with E-state index in [1.165, 1.54) is 19.1 Å². The Balaban J connectivity index is 2.54. The smallest absolute Gasteiger partial charge is 0.127 e. The van der Waals surface area contributed by atoms with Gasteiger partial charge in [-0.25, -0.2) is 0 Å². The maximum atomic E-state index is 11.2. The van der Waals surface area contributed by atoms with Crippen molar-refractivity contribution >= 4 is 6.29 Å². The highest BCUT2D eigenvalue weighted by Crippen LogP contribution is 2.37. The first-order chi connectivity index (χ1) is 6.62. The molecule has 0 bridgehead atoms. The van der Waals surface area contributed by atoms with Gasteiger partial charge in [0.15, 0.2) is 0 Å². The number of carbonyl (C=O) groups is 1. The second-order valence-electron chi connectivity index (χ2n) is 4.99. The Hall–Kier alpha value is -0.370. The number of hydrogen-bond acceptors (Lipinski definition) is 2. The standard InChI is InChI=1S/C12H23NO/c1-4-13(3)9-12(10-14)7-5-11(2)6-8-12/h10-11H,4-9H2,1-3H3. The molecule has 1 aliphatic carbocycles. The summed E-state index contributed by atoms with van der Waals surface area (Å²) in [7, 11) is 2.10. The second kappa shape index (κ2) is 4.92. The van der Waals surface area contributed by atoms with Crippen molar-refractivity contribution in [3.05, 3.63) is 0 Å². The molecule has 14 heavy (non-hydrogen) atoms. The molecule has 0 aromatic carbocycles. The summed E-state index contributed by atoms with van der Waals surface area (Å²) in [4.78, 5) is 13.5. The highest BCUT2D eigenvalue weighted by molar-refractivity contribution is 5.60. The molecule has 1 saturated carbocycles. The fourth-order valence-corrected chi connectivity index (χ4v) is 2.30. The van der Waals surface area contributed by atoms with Gasteiger partial charge < -0.3 is 9.69 Å². The van der Waals surface area contributed by atoms with Crippen LogP contribution < -0.4 is 0 Å². The van der Waals surface area contributed by atoms with E-state index < -0.39 is 0 Å². The van der Waals surface area contributed by atoms with E-state index in [1.54, 1.807) is 0 Å². The quantitative estimate of drug-likeness (QED) is 0.645. The van der Waals surface area contributed by atoms with Crippen molar-refractivity contribution in [1.82, 2.24) is 4.90 Å². The summed E-state index contributed by atoms with van der Waals surface area (Å²) in [5.74, 6) is 0.815. The molecule has 1 fully saturated rings. The van der Waals surface area contributed by atoms with E-state index in [4.69, 9.17) is 0 Å². The van der Waals surface area contributed by atoms with Crippen LogP contribution in [0.5, 0.6) is 0 Å². The third kappa shape index (κ3) is 2.81. The molecule has 0 atom stereocenters. The van der Waals surface area contributed by atoms with Crippen LogP contribution in [0.3, 0.4) is 0 Å². The molecule has 82 valence electrons. The SMILES string of the molecule is CCN(C)CC1(C=O)CCC(C)CC1. The molecule has 0 spiro atoms. The Kier molecular flexibility index (Phi) is 4.11. The van der Waals surface area contributed by atoms with Crippen LogP contribution in [0.25, 0.3) is 0 Å². The lowest BCUT2D eigenvalue weighted by atomic mass is 9.71. The molecule has 0 unspecified atom stereocenters. The van der Waals surface area contributed by atoms with Gasteiger partial charge in [-0.2, -0.15) is 0 Å². The van der Waals surface area contributed by atoms with Gasteiger partial charge in [0.1, 0.15) is 6.29 Å². The lowest BCUT2D eigenvalue weighted by molar-refractivity contribution is -0.119. The first kappa shape index (κ1) is 11.7. The topological polar surface area (TPSA) is 20.3 Å². The van der Waals surface area contributed by atoms with Crippen LogP contribution in [-0.2, 0) is 4.79 Å². The number of rotatable bonds is 4. The number of nitrogens with zero attached hydrogens (tertiary/aromatic N) is 1. The van der Waals surface area contributed by atoms with Crippen molar-refractivity contribution in [3.8, 4) is 0 Å².